The lowest BCUT2D eigenvalue weighted by atomic mass is 10.0. The van der Waals surface area contributed by atoms with Gasteiger partial charge in [0, 0.05) is 12.6 Å². The highest BCUT2D eigenvalue weighted by Crippen LogP contribution is 2.08. The van der Waals surface area contributed by atoms with Crippen LogP contribution in [-0.2, 0) is 11.3 Å². The van der Waals surface area contributed by atoms with Crippen molar-refractivity contribution >= 4 is 5.97 Å². The van der Waals surface area contributed by atoms with E-state index < -0.39 is 12.0 Å². The number of aromatic nitrogens is 1. The standard InChI is InChI=1S/C13H20N2O3/c1-9(2)7-11(13(16)17)14-8-10-5-4-6-12(15-10)18-3/h4-6,9,11,14H,7-8H2,1-3H3,(H,16,17)/t11-/m1/s1. The van der Waals surface area contributed by atoms with Gasteiger partial charge in [0.05, 0.1) is 12.8 Å². The van der Waals surface area contributed by atoms with E-state index in [-0.39, 0.29) is 0 Å². The van der Waals surface area contributed by atoms with Gasteiger partial charge in [-0.1, -0.05) is 19.9 Å². The molecule has 1 rings (SSSR count). The van der Waals surface area contributed by atoms with Crippen LogP contribution in [0.25, 0.3) is 0 Å². The number of carboxylic acids is 1. The summed E-state index contributed by atoms with van der Waals surface area (Å²) in [5.41, 5.74) is 0.768. The van der Waals surface area contributed by atoms with Crippen molar-refractivity contribution in [1.29, 1.82) is 0 Å². The fourth-order valence-electron chi connectivity index (χ4n) is 1.64. The zero-order valence-corrected chi connectivity index (χ0v) is 11.0. The molecule has 5 nitrogen and oxygen atoms in total. The van der Waals surface area contributed by atoms with Gasteiger partial charge in [-0.3, -0.25) is 10.1 Å². The molecule has 18 heavy (non-hydrogen) atoms. The van der Waals surface area contributed by atoms with Gasteiger partial charge in [-0.15, -0.1) is 0 Å². The number of nitrogens with zero attached hydrogens (tertiary/aromatic N) is 1. The number of ether oxygens (including phenoxy) is 1. The van der Waals surface area contributed by atoms with Crippen LogP contribution in [0.3, 0.4) is 0 Å². The van der Waals surface area contributed by atoms with Crippen molar-refractivity contribution in [3.63, 3.8) is 0 Å². The second-order valence-electron chi connectivity index (χ2n) is 4.57. The van der Waals surface area contributed by atoms with Crippen molar-refractivity contribution in [2.24, 2.45) is 5.92 Å². The third-order valence-electron chi connectivity index (χ3n) is 2.53. The maximum atomic E-state index is 11.1. The Morgan fingerprint density at radius 3 is 2.78 bits per heavy atom. The zero-order valence-electron chi connectivity index (χ0n) is 11.0. The summed E-state index contributed by atoms with van der Waals surface area (Å²) in [5, 5.41) is 12.1. The molecule has 1 aromatic rings. The van der Waals surface area contributed by atoms with Gasteiger partial charge in [0.1, 0.15) is 6.04 Å². The van der Waals surface area contributed by atoms with Crippen LogP contribution in [0.4, 0.5) is 0 Å². The normalized spacial score (nSPS) is 12.4. The van der Waals surface area contributed by atoms with E-state index in [1.165, 1.54) is 0 Å². The molecule has 5 heteroatoms. The number of rotatable bonds is 7. The SMILES string of the molecule is COc1cccc(CN[C@H](CC(C)C)C(=O)O)n1. The molecule has 0 fully saturated rings. The molecule has 0 unspecified atom stereocenters. The van der Waals surface area contributed by atoms with Crippen molar-refractivity contribution in [3.8, 4) is 5.88 Å². The summed E-state index contributed by atoms with van der Waals surface area (Å²) >= 11 is 0. The third kappa shape index (κ3) is 4.71. The Morgan fingerprint density at radius 2 is 2.22 bits per heavy atom. The molecule has 2 N–H and O–H groups in total. The molecule has 0 aromatic carbocycles. The molecular weight excluding hydrogens is 232 g/mol. The van der Waals surface area contributed by atoms with Crippen molar-refractivity contribution < 1.29 is 14.6 Å². The van der Waals surface area contributed by atoms with Crippen LogP contribution in [0.5, 0.6) is 5.88 Å². The molecule has 0 aliphatic heterocycles. The van der Waals surface area contributed by atoms with Gasteiger partial charge >= 0.3 is 5.97 Å². The topological polar surface area (TPSA) is 71.5 Å². The Kier molecular flexibility index (Phi) is 5.58. The van der Waals surface area contributed by atoms with E-state index in [1.807, 2.05) is 26.0 Å². The molecule has 100 valence electrons. The average molecular weight is 252 g/mol. The monoisotopic (exact) mass is 252 g/mol. The molecule has 1 heterocycles. The van der Waals surface area contributed by atoms with Gasteiger partial charge in [0.15, 0.2) is 0 Å². The number of aliphatic carboxylic acids is 1. The number of pyridine rings is 1. The van der Waals surface area contributed by atoms with Crippen LogP contribution in [0, 0.1) is 5.92 Å². The lowest BCUT2D eigenvalue weighted by molar-refractivity contribution is -0.140. The molecule has 0 aliphatic carbocycles. The molecule has 0 spiro atoms. The maximum Gasteiger partial charge on any atom is 0.320 e. The van der Waals surface area contributed by atoms with Gasteiger partial charge in [0.25, 0.3) is 0 Å². The number of hydrogen-bond acceptors (Lipinski definition) is 4. The summed E-state index contributed by atoms with van der Waals surface area (Å²) in [7, 11) is 1.55. The Balaban J connectivity index is 2.58. The number of hydrogen-bond donors (Lipinski definition) is 2. The fourth-order valence-corrected chi connectivity index (χ4v) is 1.64. The third-order valence-corrected chi connectivity index (χ3v) is 2.53. The van der Waals surface area contributed by atoms with Crippen molar-refractivity contribution in [2.75, 3.05) is 7.11 Å². The predicted octanol–water partition coefficient (Wildman–Crippen LogP) is 1.68. The van der Waals surface area contributed by atoms with Gasteiger partial charge in [-0.05, 0) is 18.4 Å². The fraction of sp³-hybridized carbons (Fsp3) is 0.538. The average Bonchev–Trinajstić information content (AvgIpc) is 2.34. The van der Waals surface area contributed by atoms with Crippen LogP contribution in [0.15, 0.2) is 18.2 Å². The number of carboxylic acid groups (broad SMARTS) is 1. The van der Waals surface area contributed by atoms with E-state index in [0.717, 1.165) is 5.69 Å². The zero-order chi connectivity index (χ0) is 13.5. The van der Waals surface area contributed by atoms with Crippen LogP contribution in [0.2, 0.25) is 0 Å². The van der Waals surface area contributed by atoms with E-state index in [0.29, 0.717) is 24.8 Å². The summed E-state index contributed by atoms with van der Waals surface area (Å²) in [4.78, 5) is 15.3. The summed E-state index contributed by atoms with van der Waals surface area (Å²) in [6.45, 7) is 4.42. The van der Waals surface area contributed by atoms with Gasteiger partial charge in [0.2, 0.25) is 5.88 Å². The van der Waals surface area contributed by atoms with Crippen LogP contribution in [0.1, 0.15) is 26.0 Å². The number of carbonyl (C=O) groups is 1. The van der Waals surface area contributed by atoms with E-state index in [9.17, 15) is 4.79 Å². The molecule has 0 radical (unpaired) electrons. The molecule has 0 aliphatic rings. The number of methoxy groups -OCH3 is 1. The van der Waals surface area contributed by atoms with E-state index in [4.69, 9.17) is 9.84 Å². The van der Waals surface area contributed by atoms with E-state index >= 15 is 0 Å². The Morgan fingerprint density at radius 1 is 1.50 bits per heavy atom. The van der Waals surface area contributed by atoms with Crippen molar-refractivity contribution in [1.82, 2.24) is 10.3 Å². The molecule has 0 amide bonds. The first-order chi connectivity index (χ1) is 8.52. The first-order valence-corrected chi connectivity index (χ1v) is 5.99. The minimum Gasteiger partial charge on any atom is -0.481 e. The first kappa shape index (κ1) is 14.4. The number of nitrogens with one attached hydrogen (secondary N) is 1. The second-order valence-corrected chi connectivity index (χ2v) is 4.57. The highest BCUT2D eigenvalue weighted by atomic mass is 16.5. The lowest BCUT2D eigenvalue weighted by Gasteiger charge is -2.16. The van der Waals surface area contributed by atoms with Crippen LogP contribution >= 0.6 is 0 Å². The smallest absolute Gasteiger partial charge is 0.320 e. The minimum atomic E-state index is -0.827. The highest BCUT2D eigenvalue weighted by molar-refractivity contribution is 5.73. The van der Waals surface area contributed by atoms with Crippen molar-refractivity contribution in [3.05, 3.63) is 23.9 Å². The first-order valence-electron chi connectivity index (χ1n) is 5.99. The molecule has 0 saturated heterocycles. The molecule has 1 atom stereocenters. The van der Waals surface area contributed by atoms with E-state index in [1.54, 1.807) is 13.2 Å². The van der Waals surface area contributed by atoms with Gasteiger partial charge in [-0.2, -0.15) is 0 Å². The van der Waals surface area contributed by atoms with Gasteiger partial charge < -0.3 is 9.84 Å². The van der Waals surface area contributed by atoms with Gasteiger partial charge in [-0.25, -0.2) is 4.98 Å². The largest absolute Gasteiger partial charge is 0.481 e. The summed E-state index contributed by atoms with van der Waals surface area (Å²) in [6.07, 6.45) is 0.597. The molecule has 0 bridgehead atoms. The molecule has 1 aromatic heterocycles. The molecule has 0 saturated carbocycles. The van der Waals surface area contributed by atoms with Crippen molar-refractivity contribution in [2.45, 2.75) is 32.9 Å². The minimum absolute atomic E-state index is 0.330. The highest BCUT2D eigenvalue weighted by Gasteiger charge is 2.18. The Bertz CT molecular complexity index is 394. The Hall–Kier alpha value is -1.62. The summed E-state index contributed by atoms with van der Waals surface area (Å²) in [5.74, 6) is 0.0356. The lowest BCUT2D eigenvalue weighted by Crippen LogP contribution is -2.37. The van der Waals surface area contributed by atoms with Crippen LogP contribution < -0.4 is 10.1 Å². The Labute approximate surface area is 107 Å². The van der Waals surface area contributed by atoms with Crippen LogP contribution in [-0.4, -0.2) is 29.2 Å². The second kappa shape index (κ2) is 6.96. The predicted molar refractivity (Wildman–Crippen MR) is 68.5 cm³/mol. The van der Waals surface area contributed by atoms with E-state index in [2.05, 4.69) is 10.3 Å². The molecular formula is C13H20N2O3. The maximum absolute atomic E-state index is 11.1. The summed E-state index contributed by atoms with van der Waals surface area (Å²) < 4.78 is 5.02. The summed E-state index contributed by atoms with van der Waals surface area (Å²) in [6, 6.07) is 4.88. The quantitative estimate of drug-likeness (QED) is 0.772.